The second kappa shape index (κ2) is 13.2. The number of benzene rings is 8. The molecule has 0 saturated carbocycles. The van der Waals surface area contributed by atoms with Gasteiger partial charge >= 0.3 is 0 Å². The smallest absolute Gasteiger partial charge is 0.0584 e. The summed E-state index contributed by atoms with van der Waals surface area (Å²) in [5.41, 5.74) is 18.2. The first-order valence-corrected chi connectivity index (χ1v) is 19.1. The topological polar surface area (TPSA) is 8.17 Å². The Morgan fingerprint density at radius 2 is 0.891 bits per heavy atom. The van der Waals surface area contributed by atoms with Gasteiger partial charge in [0.2, 0.25) is 0 Å². The highest BCUT2D eigenvalue weighted by Gasteiger charge is 2.40. The Balaban J connectivity index is 1.11. The van der Waals surface area contributed by atoms with E-state index in [1.165, 1.54) is 72.4 Å². The summed E-state index contributed by atoms with van der Waals surface area (Å²) in [7, 11) is 0. The molecule has 55 heavy (non-hydrogen) atoms. The van der Waals surface area contributed by atoms with Gasteiger partial charge in [0.25, 0.3) is 0 Å². The molecule has 0 unspecified atom stereocenters. The molecule has 0 amide bonds. The van der Waals surface area contributed by atoms with Crippen LogP contribution in [0.5, 0.6) is 0 Å². The van der Waals surface area contributed by atoms with Crippen LogP contribution in [0.2, 0.25) is 0 Å². The van der Waals surface area contributed by atoms with Crippen molar-refractivity contribution in [3.05, 3.63) is 217 Å². The second-order valence-electron chi connectivity index (χ2n) is 15.0. The van der Waals surface area contributed by atoms with Crippen molar-refractivity contribution in [1.29, 1.82) is 0 Å². The lowest BCUT2D eigenvalue weighted by atomic mass is 9.81. The molecule has 0 N–H and O–H groups in total. The van der Waals surface area contributed by atoms with Gasteiger partial charge in [-0.2, -0.15) is 0 Å². The first-order chi connectivity index (χ1) is 27.0. The zero-order chi connectivity index (χ0) is 36.9. The van der Waals surface area contributed by atoms with Gasteiger partial charge in [0.15, 0.2) is 0 Å². The molecule has 10 rings (SSSR count). The van der Waals surface area contributed by atoms with Gasteiger partial charge in [-0.15, -0.1) is 0 Å². The molecule has 9 aromatic rings. The minimum Gasteiger partial charge on any atom is -0.310 e. The number of anilines is 3. The highest BCUT2D eigenvalue weighted by atomic mass is 15.1. The van der Waals surface area contributed by atoms with E-state index < -0.39 is 0 Å². The third-order valence-corrected chi connectivity index (χ3v) is 11.4. The van der Waals surface area contributed by atoms with E-state index in [1.807, 2.05) is 0 Å². The number of rotatable bonds is 7. The van der Waals surface area contributed by atoms with Crippen LogP contribution in [0.3, 0.4) is 0 Å². The molecule has 1 aliphatic rings. The molecule has 2 heteroatoms. The summed E-state index contributed by atoms with van der Waals surface area (Å²) >= 11 is 0. The van der Waals surface area contributed by atoms with Gasteiger partial charge in [-0.3, -0.25) is 0 Å². The van der Waals surface area contributed by atoms with Crippen molar-refractivity contribution in [3.63, 3.8) is 0 Å². The van der Waals surface area contributed by atoms with E-state index in [9.17, 15) is 0 Å². The lowest BCUT2D eigenvalue weighted by molar-refractivity contribution is 0.666. The Morgan fingerprint density at radius 3 is 1.51 bits per heavy atom. The van der Waals surface area contributed by atoms with Gasteiger partial charge in [0.1, 0.15) is 0 Å². The van der Waals surface area contributed by atoms with Gasteiger partial charge < -0.3 is 9.47 Å². The Hall–Kier alpha value is -6.90. The zero-order valence-electron chi connectivity index (χ0n) is 31.0. The zero-order valence-corrected chi connectivity index (χ0v) is 31.0. The van der Waals surface area contributed by atoms with Gasteiger partial charge in [0, 0.05) is 39.1 Å². The molecule has 0 saturated heterocycles. The number of hydrogen-bond acceptors (Lipinski definition) is 1. The minimum absolute atomic E-state index is 0.140. The van der Waals surface area contributed by atoms with E-state index >= 15 is 0 Å². The largest absolute Gasteiger partial charge is 0.310 e. The summed E-state index contributed by atoms with van der Waals surface area (Å²) in [5, 5.41) is 1.30. The second-order valence-corrected chi connectivity index (χ2v) is 15.0. The molecule has 0 bridgehead atoms. The molecular formula is C53H40N2. The van der Waals surface area contributed by atoms with Crippen LogP contribution in [-0.2, 0) is 5.41 Å². The van der Waals surface area contributed by atoms with Crippen LogP contribution >= 0.6 is 0 Å². The van der Waals surface area contributed by atoms with Crippen LogP contribution < -0.4 is 4.90 Å². The predicted octanol–water partition coefficient (Wildman–Crippen LogP) is 14.4. The molecule has 0 radical (unpaired) electrons. The number of fused-ring (bicyclic) bond motifs is 5. The maximum atomic E-state index is 2.47. The number of hydrogen-bond donors (Lipinski definition) is 0. The quantitative estimate of drug-likeness (QED) is 0.160. The summed E-state index contributed by atoms with van der Waals surface area (Å²) in [6, 6.07) is 74.8. The van der Waals surface area contributed by atoms with Crippen molar-refractivity contribution in [2.75, 3.05) is 4.90 Å². The molecule has 1 heterocycles. The molecule has 262 valence electrons. The predicted molar refractivity (Wildman–Crippen MR) is 232 cm³/mol. The van der Waals surface area contributed by atoms with Crippen molar-refractivity contribution < 1.29 is 0 Å². The van der Waals surface area contributed by atoms with Crippen LogP contribution in [0.1, 0.15) is 25.0 Å². The maximum absolute atomic E-state index is 2.47. The van der Waals surface area contributed by atoms with Crippen LogP contribution in [0.15, 0.2) is 206 Å². The third-order valence-electron chi connectivity index (χ3n) is 11.4. The van der Waals surface area contributed by atoms with E-state index in [1.54, 1.807) is 0 Å². The molecule has 0 fully saturated rings. The SMILES string of the molecule is CC1(C)c2ccccc2-c2c1c1cc(-c3cccc(N(c4ccc(-c5ccccc5)cc4)c4ccc(-c5ccccc5)cc4)c3)ccc1n2-c1ccccc1. The Kier molecular flexibility index (Phi) is 7.85. The Labute approximate surface area is 323 Å². The van der Waals surface area contributed by atoms with E-state index in [4.69, 9.17) is 0 Å². The fraction of sp³-hybridized carbons (Fsp3) is 0.0566. The van der Waals surface area contributed by atoms with Crippen LogP contribution in [0.25, 0.3) is 61.2 Å². The van der Waals surface area contributed by atoms with Crippen molar-refractivity contribution in [2.24, 2.45) is 0 Å². The molecule has 0 atom stereocenters. The average Bonchev–Trinajstić information content (AvgIpc) is 3.72. The maximum Gasteiger partial charge on any atom is 0.0584 e. The van der Waals surface area contributed by atoms with Gasteiger partial charge in [-0.05, 0) is 105 Å². The molecule has 1 aromatic heterocycles. The Bertz CT molecular complexity index is 2710. The molecule has 0 aliphatic heterocycles. The van der Waals surface area contributed by atoms with Crippen molar-refractivity contribution in [1.82, 2.24) is 4.57 Å². The number of para-hydroxylation sites is 1. The molecule has 2 nitrogen and oxygen atoms in total. The fourth-order valence-corrected chi connectivity index (χ4v) is 8.71. The van der Waals surface area contributed by atoms with Crippen molar-refractivity contribution in [2.45, 2.75) is 19.3 Å². The summed E-state index contributed by atoms with van der Waals surface area (Å²) in [6.45, 7) is 4.76. The molecular weight excluding hydrogens is 665 g/mol. The van der Waals surface area contributed by atoms with E-state index in [2.05, 4.69) is 230 Å². The summed E-state index contributed by atoms with van der Waals surface area (Å²) < 4.78 is 2.47. The van der Waals surface area contributed by atoms with E-state index in [0.29, 0.717) is 0 Å². The van der Waals surface area contributed by atoms with Crippen LogP contribution in [0, 0.1) is 0 Å². The highest BCUT2D eigenvalue weighted by Crippen LogP contribution is 2.54. The first-order valence-electron chi connectivity index (χ1n) is 19.1. The summed E-state index contributed by atoms with van der Waals surface area (Å²) in [5.74, 6) is 0. The summed E-state index contributed by atoms with van der Waals surface area (Å²) in [6.07, 6.45) is 0. The van der Waals surface area contributed by atoms with Crippen LogP contribution in [0.4, 0.5) is 17.1 Å². The number of nitrogens with zero attached hydrogens (tertiary/aromatic N) is 2. The lowest BCUT2D eigenvalue weighted by Crippen LogP contribution is -2.14. The first kappa shape index (κ1) is 32.7. The standard InChI is InChI=1S/C53H40N2/c1-53(2)49-24-13-12-23-47(49)52-51(53)48-36-42(29-34-50(48)55(52)43-20-10-5-11-21-43)41-19-14-22-46(35-41)54(44-30-25-39(26-31-44)37-15-6-3-7-16-37)45-32-27-40(28-33-45)38-17-8-4-9-18-38/h3-36H,1-2H3. The van der Waals surface area contributed by atoms with Crippen molar-refractivity contribution >= 4 is 28.0 Å². The highest BCUT2D eigenvalue weighted by molar-refractivity contribution is 6.01. The van der Waals surface area contributed by atoms with Crippen LogP contribution in [-0.4, -0.2) is 4.57 Å². The Morgan fingerprint density at radius 1 is 0.400 bits per heavy atom. The van der Waals surface area contributed by atoms with E-state index in [0.717, 1.165) is 17.1 Å². The average molecular weight is 705 g/mol. The van der Waals surface area contributed by atoms with Gasteiger partial charge in [-0.25, -0.2) is 0 Å². The summed E-state index contributed by atoms with van der Waals surface area (Å²) in [4.78, 5) is 2.37. The fourth-order valence-electron chi connectivity index (χ4n) is 8.71. The molecule has 0 spiro atoms. The molecule has 8 aromatic carbocycles. The monoisotopic (exact) mass is 704 g/mol. The number of aromatic nitrogens is 1. The van der Waals surface area contributed by atoms with E-state index in [-0.39, 0.29) is 5.41 Å². The minimum atomic E-state index is -0.140. The third kappa shape index (κ3) is 5.57. The van der Waals surface area contributed by atoms with Gasteiger partial charge in [0.05, 0.1) is 11.2 Å². The lowest BCUT2D eigenvalue weighted by Gasteiger charge is -2.26. The molecule has 1 aliphatic carbocycles. The van der Waals surface area contributed by atoms with Gasteiger partial charge in [-0.1, -0.05) is 159 Å². The normalized spacial score (nSPS) is 12.7. The van der Waals surface area contributed by atoms with Crippen molar-refractivity contribution in [3.8, 4) is 50.3 Å².